The van der Waals surface area contributed by atoms with E-state index in [1.54, 1.807) is 30.3 Å². The number of oxazole rings is 1. The molecule has 1 atom stereocenters. The van der Waals surface area contributed by atoms with E-state index in [-0.39, 0.29) is 17.6 Å². The van der Waals surface area contributed by atoms with Gasteiger partial charge in [0.25, 0.3) is 0 Å². The van der Waals surface area contributed by atoms with E-state index < -0.39 is 6.04 Å². The standard InChI is InChI=1S/C20H18FN3O3/c21-13-7-5-12(6-8-13)20-24-15-10-9-14(11-17(15)27-20)22-19(26)16-3-1-2-4-18(25)23-16/h5-11,16H,1-4H2,(H,22,26)(H,23,25). The summed E-state index contributed by atoms with van der Waals surface area (Å²) < 4.78 is 18.8. The molecule has 2 aromatic carbocycles. The molecule has 1 aliphatic heterocycles. The molecule has 1 fully saturated rings. The lowest BCUT2D eigenvalue weighted by molar-refractivity contribution is -0.125. The molecular weight excluding hydrogens is 349 g/mol. The third-order valence-electron chi connectivity index (χ3n) is 4.55. The van der Waals surface area contributed by atoms with Gasteiger partial charge in [0.15, 0.2) is 5.58 Å². The zero-order valence-electron chi connectivity index (χ0n) is 14.5. The average Bonchev–Trinajstić information content (AvgIpc) is 2.95. The first-order valence-electron chi connectivity index (χ1n) is 8.85. The maximum atomic E-state index is 13.1. The van der Waals surface area contributed by atoms with Gasteiger partial charge in [-0.05, 0) is 49.2 Å². The number of carbonyl (C=O) groups is 2. The van der Waals surface area contributed by atoms with Gasteiger partial charge < -0.3 is 15.1 Å². The summed E-state index contributed by atoms with van der Waals surface area (Å²) in [6, 6.07) is 10.5. The van der Waals surface area contributed by atoms with Crippen molar-refractivity contribution in [3.63, 3.8) is 0 Å². The van der Waals surface area contributed by atoms with Crippen LogP contribution < -0.4 is 10.6 Å². The van der Waals surface area contributed by atoms with Crippen LogP contribution in [0.25, 0.3) is 22.6 Å². The molecule has 2 amide bonds. The normalized spacial score (nSPS) is 17.4. The Morgan fingerprint density at radius 3 is 2.81 bits per heavy atom. The van der Waals surface area contributed by atoms with E-state index in [4.69, 9.17) is 4.42 Å². The van der Waals surface area contributed by atoms with Crippen molar-refractivity contribution in [2.75, 3.05) is 5.32 Å². The maximum absolute atomic E-state index is 13.1. The van der Waals surface area contributed by atoms with Gasteiger partial charge in [-0.1, -0.05) is 6.42 Å². The molecule has 0 spiro atoms. The van der Waals surface area contributed by atoms with Gasteiger partial charge in [0.05, 0.1) is 0 Å². The lowest BCUT2D eigenvalue weighted by atomic mass is 10.1. The van der Waals surface area contributed by atoms with Gasteiger partial charge in [-0.3, -0.25) is 9.59 Å². The molecule has 2 heterocycles. The van der Waals surface area contributed by atoms with Crippen LogP contribution in [-0.2, 0) is 9.59 Å². The highest BCUT2D eigenvalue weighted by atomic mass is 19.1. The van der Waals surface area contributed by atoms with Gasteiger partial charge in [-0.25, -0.2) is 9.37 Å². The molecule has 0 saturated carbocycles. The predicted octanol–water partition coefficient (Wildman–Crippen LogP) is 3.63. The smallest absolute Gasteiger partial charge is 0.246 e. The van der Waals surface area contributed by atoms with Crippen LogP contribution in [0, 0.1) is 5.82 Å². The molecule has 138 valence electrons. The Labute approximate surface area is 154 Å². The quantitative estimate of drug-likeness (QED) is 0.740. The van der Waals surface area contributed by atoms with Crippen LogP contribution in [0.3, 0.4) is 0 Å². The highest BCUT2D eigenvalue weighted by Crippen LogP contribution is 2.26. The van der Waals surface area contributed by atoms with E-state index in [2.05, 4.69) is 15.6 Å². The first-order valence-corrected chi connectivity index (χ1v) is 8.85. The molecule has 4 rings (SSSR count). The largest absolute Gasteiger partial charge is 0.436 e. The second-order valence-electron chi connectivity index (χ2n) is 6.56. The van der Waals surface area contributed by atoms with Gasteiger partial charge >= 0.3 is 0 Å². The van der Waals surface area contributed by atoms with Crippen LogP contribution in [0.2, 0.25) is 0 Å². The molecule has 0 bridgehead atoms. The summed E-state index contributed by atoms with van der Waals surface area (Å²) in [5.74, 6) is -0.292. The minimum Gasteiger partial charge on any atom is -0.436 e. The molecule has 1 aliphatic rings. The van der Waals surface area contributed by atoms with E-state index in [0.717, 1.165) is 12.8 Å². The number of fused-ring (bicyclic) bond motifs is 1. The van der Waals surface area contributed by atoms with E-state index in [0.29, 0.717) is 41.1 Å². The van der Waals surface area contributed by atoms with E-state index in [9.17, 15) is 14.0 Å². The average molecular weight is 367 g/mol. The Morgan fingerprint density at radius 2 is 2.00 bits per heavy atom. The lowest BCUT2D eigenvalue weighted by Gasteiger charge is -2.15. The second kappa shape index (κ2) is 7.19. The Bertz CT molecular complexity index is 997. The Morgan fingerprint density at radius 1 is 1.19 bits per heavy atom. The minimum atomic E-state index is -0.528. The molecule has 3 aromatic rings. The van der Waals surface area contributed by atoms with Gasteiger partial charge in [0.2, 0.25) is 17.7 Å². The highest BCUT2D eigenvalue weighted by Gasteiger charge is 2.23. The number of hydrogen-bond donors (Lipinski definition) is 2. The summed E-state index contributed by atoms with van der Waals surface area (Å²) in [7, 11) is 0. The Kier molecular flexibility index (Phi) is 4.58. The van der Waals surface area contributed by atoms with Gasteiger partial charge in [0, 0.05) is 23.7 Å². The molecular formula is C20H18FN3O3. The Hall–Kier alpha value is -3.22. The first kappa shape index (κ1) is 17.2. The van der Waals surface area contributed by atoms with E-state index in [1.807, 2.05) is 0 Å². The number of benzene rings is 2. The first-order chi connectivity index (χ1) is 13.1. The zero-order valence-corrected chi connectivity index (χ0v) is 14.5. The number of halogens is 1. The van der Waals surface area contributed by atoms with Crippen molar-refractivity contribution < 1.29 is 18.4 Å². The van der Waals surface area contributed by atoms with Crippen molar-refractivity contribution in [2.24, 2.45) is 0 Å². The monoisotopic (exact) mass is 367 g/mol. The molecule has 2 N–H and O–H groups in total. The number of amides is 2. The van der Waals surface area contributed by atoms with Crippen molar-refractivity contribution in [3.8, 4) is 11.5 Å². The molecule has 7 heteroatoms. The van der Waals surface area contributed by atoms with Crippen molar-refractivity contribution in [1.82, 2.24) is 10.3 Å². The summed E-state index contributed by atoms with van der Waals surface area (Å²) in [6.45, 7) is 0. The molecule has 0 aliphatic carbocycles. The minimum absolute atomic E-state index is 0.0951. The fourth-order valence-electron chi connectivity index (χ4n) is 3.12. The van der Waals surface area contributed by atoms with Gasteiger partial charge in [-0.2, -0.15) is 0 Å². The van der Waals surface area contributed by atoms with Crippen molar-refractivity contribution in [1.29, 1.82) is 0 Å². The van der Waals surface area contributed by atoms with Crippen LogP contribution in [-0.4, -0.2) is 22.8 Å². The Balaban J connectivity index is 1.53. The second-order valence-corrected chi connectivity index (χ2v) is 6.56. The van der Waals surface area contributed by atoms with Crippen molar-refractivity contribution in [2.45, 2.75) is 31.7 Å². The number of rotatable bonds is 3. The summed E-state index contributed by atoms with van der Waals surface area (Å²) in [4.78, 5) is 28.5. The summed E-state index contributed by atoms with van der Waals surface area (Å²) in [5, 5.41) is 5.57. The topological polar surface area (TPSA) is 84.2 Å². The molecule has 1 aromatic heterocycles. The maximum Gasteiger partial charge on any atom is 0.246 e. The van der Waals surface area contributed by atoms with Crippen LogP contribution in [0.5, 0.6) is 0 Å². The summed E-state index contributed by atoms with van der Waals surface area (Å²) >= 11 is 0. The lowest BCUT2D eigenvalue weighted by Crippen LogP contribution is -2.42. The van der Waals surface area contributed by atoms with E-state index >= 15 is 0 Å². The molecule has 1 saturated heterocycles. The number of carbonyl (C=O) groups excluding carboxylic acids is 2. The number of aromatic nitrogens is 1. The molecule has 6 nitrogen and oxygen atoms in total. The van der Waals surface area contributed by atoms with Crippen molar-refractivity contribution >= 4 is 28.6 Å². The van der Waals surface area contributed by atoms with Crippen LogP contribution in [0.1, 0.15) is 25.7 Å². The summed E-state index contributed by atoms with van der Waals surface area (Å²) in [5.41, 5.74) is 2.37. The SMILES string of the molecule is O=C1CCCCC(C(=O)Nc2ccc3nc(-c4ccc(F)cc4)oc3c2)N1. The predicted molar refractivity (Wildman–Crippen MR) is 98.4 cm³/mol. The number of nitrogens with one attached hydrogen (secondary N) is 2. The third-order valence-corrected chi connectivity index (χ3v) is 4.55. The number of hydrogen-bond acceptors (Lipinski definition) is 4. The summed E-state index contributed by atoms with van der Waals surface area (Å²) in [6.07, 6.45) is 2.71. The van der Waals surface area contributed by atoms with Crippen LogP contribution in [0.4, 0.5) is 10.1 Å². The fourth-order valence-corrected chi connectivity index (χ4v) is 3.12. The molecule has 1 unspecified atom stereocenters. The molecule has 27 heavy (non-hydrogen) atoms. The zero-order chi connectivity index (χ0) is 18.8. The number of nitrogens with zero attached hydrogens (tertiary/aromatic N) is 1. The van der Waals surface area contributed by atoms with E-state index in [1.165, 1.54) is 12.1 Å². The van der Waals surface area contributed by atoms with Gasteiger partial charge in [0.1, 0.15) is 17.4 Å². The van der Waals surface area contributed by atoms with Gasteiger partial charge in [-0.15, -0.1) is 0 Å². The number of anilines is 1. The fraction of sp³-hybridized carbons (Fsp3) is 0.250. The van der Waals surface area contributed by atoms with Crippen LogP contribution in [0.15, 0.2) is 46.9 Å². The third kappa shape index (κ3) is 3.81. The molecule has 0 radical (unpaired) electrons. The highest BCUT2D eigenvalue weighted by molar-refractivity contribution is 5.98. The van der Waals surface area contributed by atoms with Crippen LogP contribution >= 0.6 is 0 Å². The van der Waals surface area contributed by atoms with Crippen molar-refractivity contribution in [3.05, 3.63) is 48.3 Å².